The molecule has 0 spiro atoms. The molecule has 0 rings (SSSR count). The molecule has 0 unspecified atom stereocenters. The van der Waals surface area contributed by atoms with E-state index in [-0.39, 0.29) is 35.4 Å². The van der Waals surface area contributed by atoms with E-state index < -0.39 is 11.2 Å². The summed E-state index contributed by atoms with van der Waals surface area (Å²) in [5.41, 5.74) is -1.19. The van der Waals surface area contributed by atoms with Gasteiger partial charge in [0.2, 0.25) is 5.91 Å². The van der Waals surface area contributed by atoms with Crippen LogP contribution in [0.5, 0.6) is 0 Å². The Labute approximate surface area is 207 Å². The number of likely N-dealkylation sites (N-methyl/N-ethyl adjacent to an activating group) is 1. The van der Waals surface area contributed by atoms with Gasteiger partial charge in [0.1, 0.15) is 11.2 Å². The first-order valence-electron chi connectivity index (χ1n) is 12.6. The number of ether oxygens (including phenoxy) is 2. The van der Waals surface area contributed by atoms with Gasteiger partial charge in [0.15, 0.2) is 13.1 Å². The van der Waals surface area contributed by atoms with Gasteiger partial charge in [-0.2, -0.15) is 0 Å². The van der Waals surface area contributed by atoms with E-state index in [2.05, 4.69) is 11.2 Å². The Morgan fingerprint density at radius 1 is 0.794 bits per heavy atom. The van der Waals surface area contributed by atoms with Crippen LogP contribution in [0.1, 0.15) is 99.3 Å². The zero-order valence-corrected chi connectivity index (χ0v) is 22.8. The Morgan fingerprint density at radius 2 is 1.26 bits per heavy atom. The number of terminal acetylenes is 1. The van der Waals surface area contributed by atoms with Crippen LogP contribution in [0, 0.1) is 12.3 Å². The molecule has 0 aromatic carbocycles. The second-order valence-electron chi connectivity index (χ2n) is 11.4. The van der Waals surface area contributed by atoms with Gasteiger partial charge in [-0.25, -0.2) is 9.59 Å². The van der Waals surface area contributed by atoms with Crippen LogP contribution in [0.3, 0.4) is 0 Å². The fourth-order valence-electron chi connectivity index (χ4n) is 3.58. The Morgan fingerprint density at radius 3 is 1.74 bits per heavy atom. The molecule has 0 radical (unpaired) electrons. The van der Waals surface area contributed by atoms with E-state index in [0.717, 1.165) is 44.9 Å². The van der Waals surface area contributed by atoms with Crippen molar-refractivity contribution in [2.24, 2.45) is 0 Å². The summed E-state index contributed by atoms with van der Waals surface area (Å²) >= 11 is 0. The lowest BCUT2D eigenvalue weighted by molar-refractivity contribution is -0.895. The Bertz CT molecular complexity index is 638. The van der Waals surface area contributed by atoms with E-state index in [1.54, 1.807) is 0 Å². The van der Waals surface area contributed by atoms with Crippen molar-refractivity contribution in [1.29, 1.82) is 0 Å². The predicted molar refractivity (Wildman–Crippen MR) is 136 cm³/mol. The molecule has 1 N–H and O–H groups in total. The Balaban J connectivity index is 4.50. The van der Waals surface area contributed by atoms with E-state index >= 15 is 0 Å². The quantitative estimate of drug-likeness (QED) is 0.153. The summed E-state index contributed by atoms with van der Waals surface area (Å²) < 4.78 is 11.1. The average Bonchev–Trinajstić information content (AvgIpc) is 2.64. The number of quaternary nitrogens is 1. The van der Waals surface area contributed by atoms with E-state index in [1.807, 2.05) is 48.6 Å². The number of amides is 1. The third-order valence-electron chi connectivity index (χ3n) is 5.03. The number of carbonyl (C=O) groups excluding carboxylic acids is 3. The summed E-state index contributed by atoms with van der Waals surface area (Å²) in [5.74, 6) is 1.98. The third-order valence-corrected chi connectivity index (χ3v) is 5.03. The number of rotatable bonds is 16. The maximum Gasteiger partial charge on any atom is 0.362 e. The number of nitrogens with zero attached hydrogens (tertiary/aromatic N) is 1. The molecule has 0 saturated carbocycles. The van der Waals surface area contributed by atoms with Gasteiger partial charge in [-0.05, 0) is 54.4 Å². The third kappa shape index (κ3) is 19.4. The number of carbonyl (C=O) groups is 3. The zero-order valence-electron chi connectivity index (χ0n) is 22.8. The van der Waals surface area contributed by atoms with E-state index in [9.17, 15) is 14.4 Å². The van der Waals surface area contributed by atoms with Gasteiger partial charge >= 0.3 is 11.9 Å². The van der Waals surface area contributed by atoms with Crippen LogP contribution in [0.15, 0.2) is 0 Å². The normalized spacial score (nSPS) is 12.1. The second kappa shape index (κ2) is 15.8. The Kier molecular flexibility index (Phi) is 14.8. The van der Waals surface area contributed by atoms with E-state index in [0.29, 0.717) is 25.9 Å². The monoisotopic (exact) mass is 481 g/mol. The van der Waals surface area contributed by atoms with Crippen LogP contribution in [0.25, 0.3) is 0 Å². The van der Waals surface area contributed by atoms with Crippen LogP contribution in [0.2, 0.25) is 0 Å². The molecule has 1 amide bonds. The molecule has 7 nitrogen and oxygen atoms in total. The molecule has 0 atom stereocenters. The molecule has 0 aliphatic carbocycles. The molecular formula is C27H49N2O5+. The fourth-order valence-corrected chi connectivity index (χ4v) is 3.58. The minimum atomic E-state index is -0.594. The van der Waals surface area contributed by atoms with Gasteiger partial charge in [0.25, 0.3) is 0 Å². The highest BCUT2D eigenvalue weighted by Gasteiger charge is 2.33. The number of unbranched alkanes of at least 4 members (excludes halogenated alkanes) is 6. The van der Waals surface area contributed by atoms with Gasteiger partial charge in [0, 0.05) is 25.8 Å². The summed E-state index contributed by atoms with van der Waals surface area (Å²) in [6, 6.07) is 0. The molecule has 196 valence electrons. The second-order valence-corrected chi connectivity index (χ2v) is 11.4. The standard InChI is InChI=1S/C27H48N2O5/c1-9-10-11-12-13-14-15-16-18-23(30)28-19-17-20-29(8,21-24(31)33-26(2,3)4)22-25(32)34-27(5,6)7/h1H,10-22H2,2-8H3/p+1. The maximum absolute atomic E-state index is 12.5. The smallest absolute Gasteiger partial charge is 0.362 e. The highest BCUT2D eigenvalue weighted by Crippen LogP contribution is 2.14. The Hall–Kier alpha value is -2.07. The van der Waals surface area contributed by atoms with Crippen molar-refractivity contribution in [1.82, 2.24) is 5.32 Å². The number of esters is 2. The first-order valence-corrected chi connectivity index (χ1v) is 12.6. The van der Waals surface area contributed by atoms with Crippen LogP contribution in [-0.4, -0.2) is 66.8 Å². The summed E-state index contributed by atoms with van der Waals surface area (Å²) in [6.45, 7) is 12.1. The van der Waals surface area contributed by atoms with Gasteiger partial charge in [-0.15, -0.1) is 12.3 Å². The van der Waals surface area contributed by atoms with Crippen molar-refractivity contribution in [3.05, 3.63) is 0 Å². The van der Waals surface area contributed by atoms with Crippen molar-refractivity contribution < 1.29 is 28.3 Å². The topological polar surface area (TPSA) is 81.7 Å². The van der Waals surface area contributed by atoms with Crippen LogP contribution >= 0.6 is 0 Å². The highest BCUT2D eigenvalue weighted by atomic mass is 16.6. The molecule has 0 saturated heterocycles. The van der Waals surface area contributed by atoms with Crippen LogP contribution < -0.4 is 5.32 Å². The number of nitrogens with one attached hydrogen (secondary N) is 1. The molecule has 0 bridgehead atoms. The first-order chi connectivity index (χ1) is 15.7. The molecule has 34 heavy (non-hydrogen) atoms. The lowest BCUT2D eigenvalue weighted by atomic mass is 10.1. The average molecular weight is 482 g/mol. The molecule has 7 heteroatoms. The van der Waals surface area contributed by atoms with Crippen LogP contribution in [0.4, 0.5) is 0 Å². The fraction of sp³-hybridized carbons (Fsp3) is 0.815. The lowest BCUT2D eigenvalue weighted by Gasteiger charge is -2.34. The zero-order chi connectivity index (χ0) is 26.3. The molecule has 0 aliphatic rings. The summed E-state index contributed by atoms with van der Waals surface area (Å²) in [4.78, 5) is 37.0. The van der Waals surface area contributed by atoms with E-state index in [1.165, 1.54) is 0 Å². The maximum atomic E-state index is 12.5. The number of hydrogen-bond donors (Lipinski definition) is 1. The van der Waals surface area contributed by atoms with Gasteiger partial charge < -0.3 is 19.3 Å². The molecule has 0 heterocycles. The SMILES string of the molecule is C#CCCCCCCCCC(=O)NCCC[N+](C)(CC(=O)OC(C)(C)C)CC(=O)OC(C)(C)C. The molecule has 0 aromatic heterocycles. The van der Waals surface area contributed by atoms with Gasteiger partial charge in [-0.3, -0.25) is 4.79 Å². The van der Waals surface area contributed by atoms with Crippen molar-refractivity contribution >= 4 is 17.8 Å². The van der Waals surface area contributed by atoms with Crippen LogP contribution in [-0.2, 0) is 23.9 Å². The van der Waals surface area contributed by atoms with Gasteiger partial charge in [-0.1, -0.05) is 25.7 Å². The molecule has 0 aromatic rings. The van der Waals surface area contributed by atoms with Crippen molar-refractivity contribution in [2.45, 2.75) is 111 Å². The number of hydrogen-bond acceptors (Lipinski definition) is 5. The molecular weight excluding hydrogens is 432 g/mol. The minimum absolute atomic E-state index is 0.0424. The molecule has 0 fully saturated rings. The predicted octanol–water partition coefficient (Wildman–Crippen LogP) is 4.38. The summed E-state index contributed by atoms with van der Waals surface area (Å²) in [5, 5.41) is 2.95. The van der Waals surface area contributed by atoms with E-state index in [4.69, 9.17) is 15.9 Å². The highest BCUT2D eigenvalue weighted by molar-refractivity contribution is 5.75. The largest absolute Gasteiger partial charge is 0.456 e. The summed E-state index contributed by atoms with van der Waals surface area (Å²) in [7, 11) is 1.85. The minimum Gasteiger partial charge on any atom is -0.456 e. The first kappa shape index (κ1) is 31.9. The van der Waals surface area contributed by atoms with Crippen molar-refractivity contribution in [2.75, 3.05) is 33.2 Å². The lowest BCUT2D eigenvalue weighted by Crippen LogP contribution is -2.53. The van der Waals surface area contributed by atoms with Crippen molar-refractivity contribution in [3.63, 3.8) is 0 Å². The van der Waals surface area contributed by atoms with Gasteiger partial charge in [0.05, 0.1) is 13.6 Å². The summed E-state index contributed by atoms with van der Waals surface area (Å²) in [6.07, 6.45) is 13.7. The molecule has 0 aliphatic heterocycles. The van der Waals surface area contributed by atoms with Crippen molar-refractivity contribution in [3.8, 4) is 12.3 Å².